The Labute approximate surface area is 113 Å². The van der Waals surface area contributed by atoms with Crippen LogP contribution in [0.25, 0.3) is 10.9 Å². The molecule has 1 aliphatic carbocycles. The summed E-state index contributed by atoms with van der Waals surface area (Å²) in [7, 11) is 0. The molecule has 0 unspecified atom stereocenters. The summed E-state index contributed by atoms with van der Waals surface area (Å²) in [6.45, 7) is 0. The molecule has 2 aromatic rings. The molecule has 0 bridgehead atoms. The van der Waals surface area contributed by atoms with Gasteiger partial charge in [0.25, 0.3) is 0 Å². The van der Waals surface area contributed by atoms with E-state index < -0.39 is 18.1 Å². The SMILES string of the molecule is N#Cc1cc2ccccc2nc1N[C@@H]1C[C@H]1C(F)(F)F. The van der Waals surface area contributed by atoms with E-state index in [2.05, 4.69) is 10.3 Å². The number of nitrogens with zero attached hydrogens (tertiary/aromatic N) is 2. The van der Waals surface area contributed by atoms with Crippen molar-refractivity contribution in [3.05, 3.63) is 35.9 Å². The molecule has 1 fully saturated rings. The van der Waals surface area contributed by atoms with Gasteiger partial charge in [-0.25, -0.2) is 4.98 Å². The normalized spacial score (nSPS) is 21.5. The van der Waals surface area contributed by atoms with Crippen LogP contribution >= 0.6 is 0 Å². The van der Waals surface area contributed by atoms with Gasteiger partial charge in [-0.05, 0) is 18.6 Å². The van der Waals surface area contributed by atoms with Crippen molar-refractivity contribution in [1.82, 2.24) is 4.98 Å². The number of benzene rings is 1. The molecule has 2 atom stereocenters. The molecule has 0 spiro atoms. The number of pyridine rings is 1. The molecular formula is C14H10F3N3. The zero-order valence-corrected chi connectivity index (χ0v) is 10.3. The molecule has 0 radical (unpaired) electrons. The second-order valence-corrected chi connectivity index (χ2v) is 4.82. The lowest BCUT2D eigenvalue weighted by Gasteiger charge is -2.10. The lowest BCUT2D eigenvalue weighted by molar-refractivity contribution is -0.147. The lowest BCUT2D eigenvalue weighted by Crippen LogP contribution is -2.18. The number of nitrogens with one attached hydrogen (secondary N) is 1. The molecule has 0 aliphatic heterocycles. The highest BCUT2D eigenvalue weighted by Crippen LogP contribution is 2.46. The summed E-state index contributed by atoms with van der Waals surface area (Å²) in [6.07, 6.45) is -4.16. The maximum Gasteiger partial charge on any atom is 0.393 e. The van der Waals surface area contributed by atoms with E-state index in [-0.39, 0.29) is 17.8 Å². The van der Waals surface area contributed by atoms with E-state index >= 15 is 0 Å². The predicted molar refractivity (Wildman–Crippen MR) is 68.0 cm³/mol. The fourth-order valence-electron chi connectivity index (χ4n) is 2.20. The highest BCUT2D eigenvalue weighted by Gasteiger charge is 2.56. The molecule has 1 aliphatic rings. The maximum absolute atomic E-state index is 12.5. The Balaban J connectivity index is 1.90. The number of fused-ring (bicyclic) bond motifs is 1. The third-order valence-electron chi connectivity index (χ3n) is 3.38. The number of rotatable bonds is 2. The van der Waals surface area contributed by atoms with Gasteiger partial charge in [0.05, 0.1) is 17.0 Å². The fraction of sp³-hybridized carbons (Fsp3) is 0.286. The number of nitriles is 1. The van der Waals surface area contributed by atoms with Crippen LogP contribution in [0, 0.1) is 17.2 Å². The molecular weight excluding hydrogens is 267 g/mol. The Bertz CT molecular complexity index is 703. The topological polar surface area (TPSA) is 48.7 Å². The minimum Gasteiger partial charge on any atom is -0.366 e. The number of hydrogen-bond acceptors (Lipinski definition) is 3. The number of aromatic nitrogens is 1. The Morgan fingerprint density at radius 2 is 2.05 bits per heavy atom. The smallest absolute Gasteiger partial charge is 0.366 e. The first-order valence-corrected chi connectivity index (χ1v) is 6.12. The molecule has 20 heavy (non-hydrogen) atoms. The van der Waals surface area contributed by atoms with Gasteiger partial charge in [0.15, 0.2) is 0 Å². The predicted octanol–water partition coefficient (Wildman–Crippen LogP) is 3.47. The van der Waals surface area contributed by atoms with Gasteiger partial charge in [0.1, 0.15) is 11.9 Å². The van der Waals surface area contributed by atoms with Gasteiger partial charge in [-0.1, -0.05) is 18.2 Å². The zero-order valence-electron chi connectivity index (χ0n) is 10.3. The van der Waals surface area contributed by atoms with E-state index in [0.717, 1.165) is 5.39 Å². The van der Waals surface area contributed by atoms with Crippen LogP contribution < -0.4 is 5.32 Å². The Kier molecular flexibility index (Phi) is 2.78. The van der Waals surface area contributed by atoms with Crippen LogP contribution in [0.3, 0.4) is 0 Å². The molecule has 0 saturated heterocycles. The first-order valence-electron chi connectivity index (χ1n) is 6.12. The second-order valence-electron chi connectivity index (χ2n) is 4.82. The van der Waals surface area contributed by atoms with Crippen LogP contribution in [0.1, 0.15) is 12.0 Å². The van der Waals surface area contributed by atoms with Crippen molar-refractivity contribution in [2.24, 2.45) is 5.92 Å². The Hall–Kier alpha value is -2.29. The van der Waals surface area contributed by atoms with Crippen molar-refractivity contribution in [2.75, 3.05) is 5.32 Å². The minimum atomic E-state index is -4.19. The van der Waals surface area contributed by atoms with Crippen LogP contribution in [0.15, 0.2) is 30.3 Å². The van der Waals surface area contributed by atoms with E-state index in [1.807, 2.05) is 18.2 Å². The monoisotopic (exact) mass is 277 g/mol. The largest absolute Gasteiger partial charge is 0.393 e. The first-order chi connectivity index (χ1) is 9.49. The summed E-state index contributed by atoms with van der Waals surface area (Å²) < 4.78 is 37.5. The van der Waals surface area contributed by atoms with Crippen molar-refractivity contribution in [1.29, 1.82) is 5.26 Å². The van der Waals surface area contributed by atoms with Crippen molar-refractivity contribution in [3.63, 3.8) is 0 Å². The maximum atomic E-state index is 12.5. The molecule has 1 aromatic carbocycles. The van der Waals surface area contributed by atoms with Crippen molar-refractivity contribution in [2.45, 2.75) is 18.6 Å². The number of anilines is 1. The van der Waals surface area contributed by atoms with Crippen molar-refractivity contribution in [3.8, 4) is 6.07 Å². The van der Waals surface area contributed by atoms with Gasteiger partial charge < -0.3 is 5.32 Å². The average Bonchev–Trinajstić information content (AvgIpc) is 3.17. The summed E-state index contributed by atoms with van der Waals surface area (Å²) in [4.78, 5) is 4.24. The van der Waals surface area contributed by atoms with Gasteiger partial charge in [-0.15, -0.1) is 0 Å². The van der Waals surface area contributed by atoms with Crippen LogP contribution in [0.2, 0.25) is 0 Å². The number of halogens is 3. The van der Waals surface area contributed by atoms with Crippen molar-refractivity contribution >= 4 is 16.7 Å². The quantitative estimate of drug-likeness (QED) is 0.914. The van der Waals surface area contributed by atoms with Crippen LogP contribution in [-0.2, 0) is 0 Å². The molecule has 102 valence electrons. The number of para-hydroxylation sites is 1. The molecule has 1 saturated carbocycles. The summed E-state index contributed by atoms with van der Waals surface area (Å²) >= 11 is 0. The second kappa shape index (κ2) is 4.37. The van der Waals surface area contributed by atoms with E-state index in [1.54, 1.807) is 18.2 Å². The molecule has 3 nitrogen and oxygen atoms in total. The Morgan fingerprint density at radius 1 is 1.30 bits per heavy atom. The first kappa shape index (κ1) is 12.7. The summed E-state index contributed by atoms with van der Waals surface area (Å²) in [5.41, 5.74) is 0.912. The van der Waals surface area contributed by atoms with E-state index in [0.29, 0.717) is 5.52 Å². The minimum absolute atomic E-state index is 0.0306. The Morgan fingerprint density at radius 3 is 2.70 bits per heavy atom. The molecule has 1 aromatic heterocycles. The van der Waals surface area contributed by atoms with Gasteiger partial charge in [-0.2, -0.15) is 18.4 Å². The molecule has 6 heteroatoms. The average molecular weight is 277 g/mol. The van der Waals surface area contributed by atoms with Gasteiger partial charge in [0, 0.05) is 11.4 Å². The zero-order chi connectivity index (χ0) is 14.3. The molecule has 0 amide bonds. The lowest BCUT2D eigenvalue weighted by atomic mass is 10.1. The fourth-order valence-corrected chi connectivity index (χ4v) is 2.20. The van der Waals surface area contributed by atoms with Gasteiger partial charge >= 0.3 is 6.18 Å². The van der Waals surface area contributed by atoms with E-state index in [1.165, 1.54) is 0 Å². The third kappa shape index (κ3) is 2.27. The molecule has 1 N–H and O–H groups in total. The highest BCUT2D eigenvalue weighted by molar-refractivity contribution is 5.82. The molecule has 1 heterocycles. The van der Waals surface area contributed by atoms with Crippen LogP contribution in [0.4, 0.5) is 19.0 Å². The van der Waals surface area contributed by atoms with Crippen molar-refractivity contribution < 1.29 is 13.2 Å². The summed E-state index contributed by atoms with van der Waals surface area (Å²) in [5.74, 6) is -1.12. The third-order valence-corrected chi connectivity index (χ3v) is 3.38. The van der Waals surface area contributed by atoms with Crippen LogP contribution in [-0.4, -0.2) is 17.2 Å². The van der Waals surface area contributed by atoms with E-state index in [4.69, 9.17) is 5.26 Å². The van der Waals surface area contributed by atoms with Gasteiger partial charge in [0.2, 0.25) is 0 Å². The number of hydrogen-bond donors (Lipinski definition) is 1. The molecule has 3 rings (SSSR count). The standard InChI is InChI=1S/C14H10F3N3/c15-14(16,17)10-6-12(10)20-13-9(7-18)5-8-3-1-2-4-11(8)19-13/h1-5,10,12H,6H2,(H,19,20)/t10-,12-/m1/s1. The summed E-state index contributed by atoms with van der Waals surface area (Å²) in [5, 5.41) is 12.6. The number of alkyl halides is 3. The highest BCUT2D eigenvalue weighted by atomic mass is 19.4. The summed E-state index contributed by atoms with van der Waals surface area (Å²) in [6, 6.07) is 10.1. The van der Waals surface area contributed by atoms with E-state index in [9.17, 15) is 13.2 Å². The van der Waals surface area contributed by atoms with Gasteiger partial charge in [-0.3, -0.25) is 0 Å². The van der Waals surface area contributed by atoms with Crippen LogP contribution in [0.5, 0.6) is 0 Å².